The van der Waals surface area contributed by atoms with Gasteiger partial charge in [-0.2, -0.15) is 0 Å². The summed E-state index contributed by atoms with van der Waals surface area (Å²) in [7, 11) is 1.61. The van der Waals surface area contributed by atoms with E-state index in [1.807, 2.05) is 0 Å². The van der Waals surface area contributed by atoms with Crippen molar-refractivity contribution in [1.82, 2.24) is 20.2 Å². The summed E-state index contributed by atoms with van der Waals surface area (Å²) < 4.78 is 28.6. The van der Waals surface area contributed by atoms with Crippen LogP contribution in [0, 0.1) is 11.6 Å². The van der Waals surface area contributed by atoms with Gasteiger partial charge in [-0.1, -0.05) is 36.4 Å². The van der Waals surface area contributed by atoms with Gasteiger partial charge in [0.1, 0.15) is 11.6 Å². The lowest BCUT2D eigenvalue weighted by Gasteiger charge is -2.15. The van der Waals surface area contributed by atoms with Crippen LogP contribution in [0.4, 0.5) is 8.78 Å². The highest BCUT2D eigenvalue weighted by atomic mass is 19.1. The van der Waals surface area contributed by atoms with Gasteiger partial charge in [0.25, 0.3) is 0 Å². The third-order valence-electron chi connectivity index (χ3n) is 4.81. The molecule has 2 aromatic carbocycles. The molecule has 0 saturated carbocycles. The molecular weight excluding hydrogens is 434 g/mol. The number of tetrazole rings is 1. The van der Waals surface area contributed by atoms with Gasteiger partial charge < -0.3 is 15.3 Å². The lowest BCUT2D eigenvalue weighted by molar-refractivity contribution is -0.139. The summed E-state index contributed by atoms with van der Waals surface area (Å²) in [5.74, 6) is -1.73. The van der Waals surface area contributed by atoms with Gasteiger partial charge in [0.2, 0.25) is 0 Å². The van der Waals surface area contributed by atoms with E-state index in [1.54, 1.807) is 31.3 Å². The van der Waals surface area contributed by atoms with E-state index >= 15 is 0 Å². The van der Waals surface area contributed by atoms with Gasteiger partial charge in [-0.3, -0.25) is 4.79 Å². The fourth-order valence-corrected chi connectivity index (χ4v) is 3.29. The van der Waals surface area contributed by atoms with Gasteiger partial charge in [0.15, 0.2) is 5.82 Å². The average Bonchev–Trinajstić information content (AvgIpc) is 3.18. The number of aliphatic carboxylic acids is 1. The molecule has 172 valence electrons. The number of nitrogens with zero attached hydrogens (tertiary/aromatic N) is 4. The molecule has 0 fully saturated rings. The zero-order valence-corrected chi connectivity index (χ0v) is 17.6. The summed E-state index contributed by atoms with van der Waals surface area (Å²) >= 11 is 0. The zero-order chi connectivity index (χ0) is 24.0. The summed E-state index contributed by atoms with van der Waals surface area (Å²) in [4.78, 5) is 10.8. The van der Waals surface area contributed by atoms with E-state index in [0.29, 0.717) is 28.1 Å². The van der Waals surface area contributed by atoms with E-state index in [4.69, 9.17) is 5.11 Å². The predicted molar refractivity (Wildman–Crippen MR) is 116 cm³/mol. The second kappa shape index (κ2) is 10.7. The number of aliphatic hydroxyl groups excluding tert-OH is 2. The zero-order valence-electron chi connectivity index (χ0n) is 17.6. The Balaban J connectivity index is 2.13. The van der Waals surface area contributed by atoms with Crippen molar-refractivity contribution in [3.8, 4) is 0 Å². The number of hydrogen-bond donors (Lipinski definition) is 3. The van der Waals surface area contributed by atoms with Crippen LogP contribution in [-0.4, -0.2) is 53.7 Å². The number of aliphatic hydroxyl groups is 2. The molecule has 0 amide bonds. The maximum absolute atomic E-state index is 13.6. The molecule has 2 atom stereocenters. The molecule has 33 heavy (non-hydrogen) atoms. The van der Waals surface area contributed by atoms with Crippen molar-refractivity contribution in [2.24, 2.45) is 7.05 Å². The second-order valence-electron chi connectivity index (χ2n) is 7.34. The minimum atomic E-state index is -1.24. The highest BCUT2D eigenvalue weighted by Gasteiger charge is 2.18. The second-order valence-corrected chi connectivity index (χ2v) is 7.34. The first-order valence-corrected chi connectivity index (χ1v) is 9.99. The molecule has 3 N–H and O–H groups in total. The van der Waals surface area contributed by atoms with E-state index < -0.39 is 36.2 Å². The summed E-state index contributed by atoms with van der Waals surface area (Å²) in [6.45, 7) is 0. The molecule has 8 nitrogen and oxygen atoms in total. The van der Waals surface area contributed by atoms with Gasteiger partial charge >= 0.3 is 5.97 Å². The number of rotatable bonds is 9. The molecule has 0 spiro atoms. The average molecular weight is 456 g/mol. The monoisotopic (exact) mass is 456 g/mol. The predicted octanol–water partition coefficient (Wildman–Crippen LogP) is 2.59. The van der Waals surface area contributed by atoms with Gasteiger partial charge in [-0.05, 0) is 51.4 Å². The fraction of sp³-hybridized carbons (Fsp3) is 0.217. The van der Waals surface area contributed by atoms with E-state index in [0.717, 1.165) is 0 Å². The van der Waals surface area contributed by atoms with Crippen LogP contribution in [-0.2, 0) is 11.8 Å². The molecule has 0 saturated heterocycles. The van der Waals surface area contributed by atoms with E-state index in [-0.39, 0.29) is 6.42 Å². The molecule has 1 aromatic heterocycles. The molecule has 0 bridgehead atoms. The first-order valence-electron chi connectivity index (χ1n) is 9.99. The van der Waals surface area contributed by atoms with Gasteiger partial charge in [0, 0.05) is 19.0 Å². The Labute approximate surface area is 188 Å². The number of allylic oxidation sites excluding steroid dienone is 2. The maximum Gasteiger partial charge on any atom is 0.305 e. The minimum Gasteiger partial charge on any atom is -0.481 e. The van der Waals surface area contributed by atoms with Crippen molar-refractivity contribution in [2.75, 3.05) is 0 Å². The standard InChI is InChI=1S/C23H22F2N4O4/c1-29-23(26-27-28-29)20(11-10-18(30)12-19(31)13-21(32)33)22(14-2-6-16(24)7-3-14)15-4-8-17(25)9-5-15/h2-11,18-19,30-31H,12-13H2,1H3,(H,32,33)/t18-,19-/m0/s1. The summed E-state index contributed by atoms with van der Waals surface area (Å²) in [5, 5.41) is 40.5. The lowest BCUT2D eigenvalue weighted by atomic mass is 9.91. The van der Waals surface area contributed by atoms with Gasteiger partial charge in [0.05, 0.1) is 18.6 Å². The van der Waals surface area contributed by atoms with Crippen LogP contribution < -0.4 is 0 Å². The molecule has 1 heterocycles. The molecular formula is C23H22F2N4O4. The molecule has 10 heteroatoms. The molecule has 0 aliphatic carbocycles. The highest BCUT2D eigenvalue weighted by molar-refractivity contribution is 6.00. The minimum absolute atomic E-state index is 0.199. The first-order chi connectivity index (χ1) is 15.7. The number of hydrogen-bond acceptors (Lipinski definition) is 6. The Hall–Kier alpha value is -3.76. The van der Waals surface area contributed by atoms with Crippen LogP contribution >= 0.6 is 0 Å². The quantitative estimate of drug-likeness (QED) is 0.423. The van der Waals surface area contributed by atoms with Crippen molar-refractivity contribution in [3.63, 3.8) is 0 Å². The van der Waals surface area contributed by atoms with E-state index in [9.17, 15) is 23.8 Å². The molecule has 0 radical (unpaired) electrons. The Morgan fingerprint density at radius 3 is 2.03 bits per heavy atom. The summed E-state index contributed by atoms with van der Waals surface area (Å²) in [6, 6.07) is 11.4. The molecule has 0 aliphatic rings. The summed E-state index contributed by atoms with van der Waals surface area (Å²) in [5.41, 5.74) is 2.16. The fourth-order valence-electron chi connectivity index (χ4n) is 3.29. The normalized spacial score (nSPS) is 13.1. The third kappa shape index (κ3) is 6.37. The number of halogens is 2. The number of benzene rings is 2. The first kappa shape index (κ1) is 23.9. The van der Waals surface area contributed by atoms with Crippen LogP contribution in [0.5, 0.6) is 0 Å². The molecule has 0 unspecified atom stereocenters. The number of carboxylic acid groups (broad SMARTS) is 1. The van der Waals surface area contributed by atoms with Crippen molar-refractivity contribution in [2.45, 2.75) is 25.0 Å². The highest BCUT2D eigenvalue weighted by Crippen LogP contribution is 2.32. The largest absolute Gasteiger partial charge is 0.481 e. The Bertz CT molecular complexity index is 1110. The SMILES string of the molecule is Cn1nnnc1C(C=C[C@H](O)C[C@H](O)CC(=O)O)=C(c1ccc(F)cc1)c1ccc(F)cc1. The van der Waals surface area contributed by atoms with Crippen LogP contribution in [0.3, 0.4) is 0 Å². The third-order valence-corrected chi connectivity index (χ3v) is 4.81. The van der Waals surface area contributed by atoms with E-state index in [2.05, 4.69) is 15.5 Å². The molecule has 3 aromatic rings. The van der Waals surface area contributed by atoms with Crippen molar-refractivity contribution in [3.05, 3.63) is 89.3 Å². The van der Waals surface area contributed by atoms with Crippen molar-refractivity contribution in [1.29, 1.82) is 0 Å². The van der Waals surface area contributed by atoms with Crippen molar-refractivity contribution >= 4 is 17.1 Å². The van der Waals surface area contributed by atoms with Gasteiger partial charge in [-0.15, -0.1) is 5.10 Å². The van der Waals surface area contributed by atoms with Crippen LogP contribution in [0.15, 0.2) is 60.7 Å². The van der Waals surface area contributed by atoms with Crippen molar-refractivity contribution < 1.29 is 28.9 Å². The van der Waals surface area contributed by atoms with Crippen LogP contribution in [0.2, 0.25) is 0 Å². The lowest BCUT2D eigenvalue weighted by Crippen LogP contribution is -2.19. The van der Waals surface area contributed by atoms with Crippen LogP contribution in [0.25, 0.3) is 11.1 Å². The molecule has 3 rings (SSSR count). The molecule has 0 aliphatic heterocycles. The number of carbonyl (C=O) groups is 1. The van der Waals surface area contributed by atoms with Crippen LogP contribution in [0.1, 0.15) is 29.8 Å². The maximum atomic E-state index is 13.6. The van der Waals surface area contributed by atoms with Gasteiger partial charge in [-0.25, -0.2) is 13.5 Å². The Morgan fingerprint density at radius 1 is 1.03 bits per heavy atom. The smallest absolute Gasteiger partial charge is 0.305 e. The number of aryl methyl sites for hydroxylation is 1. The Morgan fingerprint density at radius 2 is 1.58 bits per heavy atom. The Kier molecular flexibility index (Phi) is 7.75. The topological polar surface area (TPSA) is 121 Å². The summed E-state index contributed by atoms with van der Waals surface area (Å²) in [6.07, 6.45) is -0.196. The van der Waals surface area contributed by atoms with E-state index in [1.165, 1.54) is 41.1 Å². The number of aromatic nitrogens is 4. The number of carboxylic acids is 1.